The lowest BCUT2D eigenvalue weighted by atomic mass is 10.1. The quantitative estimate of drug-likeness (QED) is 0.786. The van der Waals surface area contributed by atoms with Crippen LogP contribution in [-0.2, 0) is 0 Å². The molecule has 110 valence electrons. The van der Waals surface area contributed by atoms with E-state index in [9.17, 15) is 8.78 Å². The molecule has 2 nitrogen and oxygen atoms in total. The van der Waals surface area contributed by atoms with Crippen molar-refractivity contribution in [3.63, 3.8) is 0 Å². The second-order valence-electron chi connectivity index (χ2n) is 5.64. The van der Waals surface area contributed by atoms with Gasteiger partial charge < -0.3 is 4.90 Å². The van der Waals surface area contributed by atoms with Gasteiger partial charge in [-0.1, -0.05) is 23.9 Å². The lowest BCUT2D eigenvalue weighted by Gasteiger charge is -2.44. The smallest absolute Gasteiger partial charge is 0.288 e. The van der Waals surface area contributed by atoms with Crippen LogP contribution < -0.4 is 4.90 Å². The Morgan fingerprint density at radius 2 is 2.05 bits per heavy atom. The normalized spacial score (nSPS) is 27.1. The minimum atomic E-state index is -2.36. The van der Waals surface area contributed by atoms with Crippen molar-refractivity contribution in [1.29, 1.82) is 0 Å². The minimum Gasteiger partial charge on any atom is -0.365 e. The van der Waals surface area contributed by atoms with Crippen molar-refractivity contribution in [2.75, 3.05) is 24.5 Å². The predicted molar refractivity (Wildman–Crippen MR) is 79.7 cm³/mol. The molecule has 5 heteroatoms. The number of thioether (sulfide) groups is 1. The molecule has 0 N–H and O–H groups in total. The number of benzene rings is 1. The predicted octanol–water partition coefficient (Wildman–Crippen LogP) is 3.67. The fourth-order valence-corrected chi connectivity index (χ4v) is 4.07. The molecule has 0 radical (unpaired) electrons. The second kappa shape index (κ2) is 5.90. The van der Waals surface area contributed by atoms with Gasteiger partial charge in [0.1, 0.15) is 0 Å². The summed E-state index contributed by atoms with van der Waals surface area (Å²) >= 11 is 0.657. The number of hydrogen-bond donors (Lipinski definition) is 0. The van der Waals surface area contributed by atoms with Gasteiger partial charge in [0.15, 0.2) is 0 Å². The molecule has 2 fully saturated rings. The van der Waals surface area contributed by atoms with E-state index in [2.05, 4.69) is 16.7 Å². The van der Waals surface area contributed by atoms with Gasteiger partial charge in [-0.15, -0.1) is 0 Å². The van der Waals surface area contributed by atoms with Crippen LogP contribution in [0.2, 0.25) is 0 Å². The molecule has 0 aromatic heterocycles. The van der Waals surface area contributed by atoms with Crippen molar-refractivity contribution in [2.45, 2.75) is 42.5 Å². The highest BCUT2D eigenvalue weighted by Gasteiger charge is 2.35. The van der Waals surface area contributed by atoms with Crippen molar-refractivity contribution < 1.29 is 8.78 Å². The number of alkyl halides is 2. The first kappa shape index (κ1) is 14.1. The van der Waals surface area contributed by atoms with Gasteiger partial charge >= 0.3 is 0 Å². The third-order valence-electron chi connectivity index (χ3n) is 4.33. The summed E-state index contributed by atoms with van der Waals surface area (Å²) < 4.78 is 25.4. The number of rotatable bonds is 3. The third-order valence-corrected chi connectivity index (χ3v) is 5.11. The molecule has 2 aliphatic heterocycles. The van der Waals surface area contributed by atoms with Crippen LogP contribution in [0.5, 0.6) is 0 Å². The zero-order chi connectivity index (χ0) is 14.1. The molecule has 0 saturated carbocycles. The molecule has 0 amide bonds. The monoisotopic (exact) mass is 298 g/mol. The molecule has 1 aromatic rings. The largest absolute Gasteiger partial charge is 0.365 e. The van der Waals surface area contributed by atoms with Gasteiger partial charge in [0.25, 0.3) is 5.76 Å². The topological polar surface area (TPSA) is 6.48 Å². The number of fused-ring (bicyclic) bond motifs is 1. The van der Waals surface area contributed by atoms with Crippen molar-refractivity contribution in [3.8, 4) is 0 Å². The molecule has 0 bridgehead atoms. The van der Waals surface area contributed by atoms with E-state index in [-0.39, 0.29) is 0 Å². The highest BCUT2D eigenvalue weighted by Crippen LogP contribution is 2.37. The number of piperazine rings is 1. The van der Waals surface area contributed by atoms with E-state index < -0.39 is 5.76 Å². The fourth-order valence-electron chi connectivity index (χ4n) is 3.41. The number of anilines is 1. The molecule has 0 spiro atoms. The van der Waals surface area contributed by atoms with Gasteiger partial charge in [-0.3, -0.25) is 4.90 Å². The fraction of sp³-hybridized carbons (Fsp3) is 0.600. The Kier molecular flexibility index (Phi) is 4.17. The van der Waals surface area contributed by atoms with E-state index in [4.69, 9.17) is 0 Å². The Morgan fingerprint density at radius 3 is 2.85 bits per heavy atom. The number of para-hydroxylation sites is 1. The summed E-state index contributed by atoms with van der Waals surface area (Å²) in [5.74, 6) is -2.36. The standard InChI is InChI=1S/C15H20F2N2S/c1-11-9-18-8-4-5-12(18)10-19(11)13-6-2-3-7-14(13)20-15(16)17/h2-3,6-7,11-12,15H,4-5,8-10H2,1H3. The van der Waals surface area contributed by atoms with Crippen LogP contribution in [-0.4, -0.2) is 42.4 Å². The van der Waals surface area contributed by atoms with Gasteiger partial charge in [-0.05, 0) is 38.4 Å². The lowest BCUT2D eigenvalue weighted by molar-refractivity contribution is 0.202. The minimum absolute atomic E-state index is 0.378. The van der Waals surface area contributed by atoms with Crippen LogP contribution in [0.4, 0.5) is 14.5 Å². The van der Waals surface area contributed by atoms with Crippen LogP contribution in [0, 0.1) is 0 Å². The Hall–Kier alpha value is -0.810. The third kappa shape index (κ3) is 2.79. The van der Waals surface area contributed by atoms with Crippen LogP contribution in [0.3, 0.4) is 0 Å². The van der Waals surface area contributed by atoms with E-state index in [0.29, 0.717) is 28.7 Å². The average Bonchev–Trinajstić information content (AvgIpc) is 2.85. The van der Waals surface area contributed by atoms with Gasteiger partial charge in [-0.2, -0.15) is 8.78 Å². The molecule has 2 saturated heterocycles. The maximum absolute atomic E-state index is 12.7. The summed E-state index contributed by atoms with van der Waals surface area (Å²) in [7, 11) is 0. The first-order valence-corrected chi connectivity index (χ1v) is 8.07. The Morgan fingerprint density at radius 1 is 1.25 bits per heavy atom. The first-order valence-electron chi connectivity index (χ1n) is 7.19. The average molecular weight is 298 g/mol. The van der Waals surface area contributed by atoms with Crippen LogP contribution in [0.25, 0.3) is 0 Å². The first-order chi connectivity index (χ1) is 9.65. The molecule has 2 heterocycles. The Bertz CT molecular complexity index is 469. The van der Waals surface area contributed by atoms with Crippen LogP contribution >= 0.6 is 11.8 Å². The van der Waals surface area contributed by atoms with E-state index in [0.717, 1.165) is 18.8 Å². The van der Waals surface area contributed by atoms with Gasteiger partial charge in [0, 0.05) is 30.1 Å². The lowest BCUT2D eigenvalue weighted by Crippen LogP contribution is -2.55. The SMILES string of the molecule is CC1CN2CCCC2CN1c1ccccc1SC(F)F. The molecule has 3 rings (SSSR count). The van der Waals surface area contributed by atoms with Crippen molar-refractivity contribution in [2.24, 2.45) is 0 Å². The van der Waals surface area contributed by atoms with Crippen LogP contribution in [0.15, 0.2) is 29.2 Å². The Balaban J connectivity index is 1.84. The van der Waals surface area contributed by atoms with E-state index in [1.165, 1.54) is 19.4 Å². The molecule has 2 aliphatic rings. The van der Waals surface area contributed by atoms with Crippen molar-refractivity contribution >= 4 is 17.4 Å². The number of nitrogens with zero attached hydrogens (tertiary/aromatic N) is 2. The summed E-state index contributed by atoms with van der Waals surface area (Å²) in [5.41, 5.74) is 0.969. The second-order valence-corrected chi connectivity index (χ2v) is 6.67. The molecule has 2 unspecified atom stereocenters. The summed E-state index contributed by atoms with van der Waals surface area (Å²) in [5, 5.41) is 0. The van der Waals surface area contributed by atoms with Crippen molar-refractivity contribution in [1.82, 2.24) is 4.90 Å². The van der Waals surface area contributed by atoms with E-state index in [1.807, 2.05) is 18.2 Å². The summed E-state index contributed by atoms with van der Waals surface area (Å²) in [6, 6.07) is 8.54. The number of hydrogen-bond acceptors (Lipinski definition) is 3. The molecule has 20 heavy (non-hydrogen) atoms. The van der Waals surface area contributed by atoms with Crippen LogP contribution in [0.1, 0.15) is 19.8 Å². The molecular weight excluding hydrogens is 278 g/mol. The maximum Gasteiger partial charge on any atom is 0.288 e. The number of halogens is 2. The zero-order valence-corrected chi connectivity index (χ0v) is 12.5. The molecule has 2 atom stereocenters. The zero-order valence-electron chi connectivity index (χ0n) is 11.6. The van der Waals surface area contributed by atoms with E-state index >= 15 is 0 Å². The molecule has 1 aromatic carbocycles. The summed E-state index contributed by atoms with van der Waals surface area (Å²) in [6.07, 6.45) is 2.49. The van der Waals surface area contributed by atoms with Crippen molar-refractivity contribution in [3.05, 3.63) is 24.3 Å². The molecular formula is C15H20F2N2S. The highest BCUT2D eigenvalue weighted by atomic mass is 32.2. The summed E-state index contributed by atoms with van der Waals surface area (Å²) in [4.78, 5) is 5.56. The van der Waals surface area contributed by atoms with Gasteiger partial charge in [-0.25, -0.2) is 0 Å². The maximum atomic E-state index is 12.7. The summed E-state index contributed by atoms with van der Waals surface area (Å²) in [6.45, 7) is 5.38. The van der Waals surface area contributed by atoms with E-state index in [1.54, 1.807) is 6.07 Å². The highest BCUT2D eigenvalue weighted by molar-refractivity contribution is 7.99. The van der Waals surface area contributed by atoms with Gasteiger partial charge in [0.05, 0.1) is 5.69 Å². The molecule has 0 aliphatic carbocycles. The van der Waals surface area contributed by atoms with Gasteiger partial charge in [0.2, 0.25) is 0 Å². The Labute approximate surface area is 123 Å².